The molecule has 1 aromatic rings. The number of hydrogen-bond donors (Lipinski definition) is 0. The molecule has 1 fully saturated rings. The van der Waals surface area contributed by atoms with Crippen LogP contribution in [-0.2, 0) is 17.6 Å². The van der Waals surface area contributed by atoms with E-state index in [2.05, 4.69) is 19.1 Å². The maximum absolute atomic E-state index is 12.8. The van der Waals surface area contributed by atoms with Gasteiger partial charge in [0.15, 0.2) is 0 Å². The highest BCUT2D eigenvalue weighted by Crippen LogP contribution is 2.23. The quantitative estimate of drug-likeness (QED) is 0.852. The third-order valence-corrected chi connectivity index (χ3v) is 5.23. The van der Waals surface area contributed by atoms with E-state index in [1.165, 1.54) is 17.5 Å². The van der Waals surface area contributed by atoms with E-state index in [4.69, 9.17) is 0 Å². The molecule has 1 aliphatic heterocycles. The Morgan fingerprint density at radius 1 is 0.958 bits per heavy atom. The number of aryl methyl sites for hydroxylation is 2. The number of carbonyl (C=O) groups is 2. The zero-order chi connectivity index (χ0) is 16.9. The Balaban J connectivity index is 1.61. The van der Waals surface area contributed by atoms with Crippen LogP contribution in [0.2, 0.25) is 0 Å². The molecule has 1 heterocycles. The van der Waals surface area contributed by atoms with Crippen molar-refractivity contribution in [2.24, 2.45) is 0 Å². The summed E-state index contributed by atoms with van der Waals surface area (Å²) < 4.78 is 0. The zero-order valence-electron chi connectivity index (χ0n) is 14.7. The van der Waals surface area contributed by atoms with Crippen LogP contribution in [0, 0.1) is 0 Å². The molecule has 0 N–H and O–H groups in total. The molecule has 130 valence electrons. The summed E-state index contributed by atoms with van der Waals surface area (Å²) in [4.78, 5) is 28.9. The minimum atomic E-state index is 0.118. The number of carbonyl (C=O) groups excluding carboxylic acids is 2. The second-order valence-corrected chi connectivity index (χ2v) is 6.97. The average Bonchev–Trinajstić information content (AvgIpc) is 2.93. The highest BCUT2D eigenvalue weighted by molar-refractivity contribution is 5.94. The molecule has 0 radical (unpaired) electrons. The molecule has 1 saturated heterocycles. The number of rotatable bonds is 4. The van der Waals surface area contributed by atoms with Crippen LogP contribution < -0.4 is 0 Å². The summed E-state index contributed by atoms with van der Waals surface area (Å²) in [6.45, 7) is 4.93. The molecular formula is C20H28N2O2. The molecule has 0 bridgehead atoms. The van der Waals surface area contributed by atoms with Crippen LogP contribution in [0.3, 0.4) is 0 Å². The minimum Gasteiger partial charge on any atom is -0.341 e. The Kier molecular flexibility index (Phi) is 5.54. The van der Waals surface area contributed by atoms with Gasteiger partial charge in [0.25, 0.3) is 5.91 Å². The van der Waals surface area contributed by atoms with Crippen molar-refractivity contribution in [3.63, 3.8) is 0 Å². The van der Waals surface area contributed by atoms with E-state index in [-0.39, 0.29) is 11.8 Å². The number of nitrogens with zero attached hydrogens (tertiary/aromatic N) is 2. The van der Waals surface area contributed by atoms with Crippen LogP contribution in [0.1, 0.15) is 60.5 Å². The van der Waals surface area contributed by atoms with Gasteiger partial charge >= 0.3 is 0 Å². The number of fused-ring (bicyclic) bond motifs is 1. The topological polar surface area (TPSA) is 40.6 Å². The summed E-state index contributed by atoms with van der Waals surface area (Å²) in [5, 5.41) is 0. The van der Waals surface area contributed by atoms with E-state index in [0.29, 0.717) is 19.5 Å². The van der Waals surface area contributed by atoms with Gasteiger partial charge in [0.2, 0.25) is 5.91 Å². The molecule has 0 unspecified atom stereocenters. The van der Waals surface area contributed by atoms with Gasteiger partial charge in [0.1, 0.15) is 0 Å². The van der Waals surface area contributed by atoms with E-state index >= 15 is 0 Å². The Morgan fingerprint density at radius 2 is 1.71 bits per heavy atom. The van der Waals surface area contributed by atoms with Crippen LogP contribution in [0.4, 0.5) is 0 Å². The lowest BCUT2D eigenvalue weighted by molar-refractivity contribution is -0.131. The minimum absolute atomic E-state index is 0.118. The van der Waals surface area contributed by atoms with E-state index in [9.17, 15) is 9.59 Å². The predicted molar refractivity (Wildman–Crippen MR) is 95.1 cm³/mol. The summed E-state index contributed by atoms with van der Waals surface area (Å²) in [6.07, 6.45) is 6.93. The van der Waals surface area contributed by atoms with Gasteiger partial charge in [-0.15, -0.1) is 0 Å². The van der Waals surface area contributed by atoms with Gasteiger partial charge in [-0.05, 0) is 55.4 Å². The molecule has 2 aliphatic rings. The first kappa shape index (κ1) is 17.0. The molecule has 0 saturated carbocycles. The van der Waals surface area contributed by atoms with Crippen molar-refractivity contribution in [3.8, 4) is 0 Å². The molecule has 0 aromatic heterocycles. The Labute approximate surface area is 144 Å². The fraction of sp³-hybridized carbons (Fsp3) is 0.600. The summed E-state index contributed by atoms with van der Waals surface area (Å²) in [7, 11) is 0. The predicted octanol–water partition coefficient (Wildman–Crippen LogP) is 3.04. The normalized spacial score (nSPS) is 17.5. The van der Waals surface area contributed by atoms with Crippen molar-refractivity contribution < 1.29 is 9.59 Å². The lowest BCUT2D eigenvalue weighted by atomic mass is 10.1. The summed E-state index contributed by atoms with van der Waals surface area (Å²) in [5.41, 5.74) is 3.54. The fourth-order valence-corrected chi connectivity index (χ4v) is 3.74. The Morgan fingerprint density at radius 3 is 2.54 bits per heavy atom. The van der Waals surface area contributed by atoms with Crippen molar-refractivity contribution in [1.29, 1.82) is 0 Å². The second-order valence-electron chi connectivity index (χ2n) is 6.97. The smallest absolute Gasteiger partial charge is 0.253 e. The van der Waals surface area contributed by atoms with Crippen molar-refractivity contribution in [3.05, 3.63) is 34.9 Å². The first-order chi connectivity index (χ1) is 11.7. The maximum Gasteiger partial charge on any atom is 0.253 e. The zero-order valence-corrected chi connectivity index (χ0v) is 14.7. The highest BCUT2D eigenvalue weighted by atomic mass is 16.2. The Hall–Kier alpha value is -1.84. The molecule has 1 aliphatic carbocycles. The fourth-order valence-electron chi connectivity index (χ4n) is 3.74. The molecule has 3 rings (SSSR count). The van der Waals surface area contributed by atoms with Gasteiger partial charge in [-0.3, -0.25) is 9.59 Å². The maximum atomic E-state index is 12.8. The molecule has 4 nitrogen and oxygen atoms in total. The van der Waals surface area contributed by atoms with Gasteiger partial charge < -0.3 is 9.80 Å². The molecular weight excluding hydrogens is 300 g/mol. The van der Waals surface area contributed by atoms with Crippen molar-refractivity contribution in [1.82, 2.24) is 9.80 Å². The first-order valence-electron chi connectivity index (χ1n) is 9.38. The molecule has 0 spiro atoms. The third kappa shape index (κ3) is 3.80. The van der Waals surface area contributed by atoms with Gasteiger partial charge in [-0.25, -0.2) is 0 Å². The van der Waals surface area contributed by atoms with Crippen LogP contribution in [0.15, 0.2) is 18.2 Å². The monoisotopic (exact) mass is 328 g/mol. The van der Waals surface area contributed by atoms with Gasteiger partial charge in [-0.1, -0.05) is 19.4 Å². The number of benzene rings is 1. The first-order valence-corrected chi connectivity index (χ1v) is 9.38. The van der Waals surface area contributed by atoms with Crippen LogP contribution in [0.5, 0.6) is 0 Å². The second kappa shape index (κ2) is 7.82. The van der Waals surface area contributed by atoms with Crippen LogP contribution in [-0.4, -0.2) is 47.8 Å². The van der Waals surface area contributed by atoms with E-state index in [1.54, 1.807) is 0 Å². The van der Waals surface area contributed by atoms with E-state index in [1.807, 2.05) is 15.9 Å². The van der Waals surface area contributed by atoms with Gasteiger partial charge in [0.05, 0.1) is 0 Å². The van der Waals surface area contributed by atoms with Gasteiger partial charge in [-0.2, -0.15) is 0 Å². The summed E-state index contributed by atoms with van der Waals surface area (Å²) >= 11 is 0. The third-order valence-electron chi connectivity index (χ3n) is 5.23. The van der Waals surface area contributed by atoms with Crippen molar-refractivity contribution in [2.75, 3.05) is 26.2 Å². The molecule has 4 heteroatoms. The molecule has 24 heavy (non-hydrogen) atoms. The SMILES string of the molecule is CCCCC(=O)N1CCCN(C(=O)c2ccc3c(c2)CCC3)CC1. The van der Waals surface area contributed by atoms with Crippen LogP contribution >= 0.6 is 0 Å². The van der Waals surface area contributed by atoms with Crippen molar-refractivity contribution >= 4 is 11.8 Å². The average molecular weight is 328 g/mol. The highest BCUT2D eigenvalue weighted by Gasteiger charge is 2.23. The lowest BCUT2D eigenvalue weighted by Gasteiger charge is -2.22. The molecule has 2 amide bonds. The molecule has 0 atom stereocenters. The standard InChI is InChI=1S/C20H28N2O2/c1-2-3-8-19(23)21-11-5-12-22(14-13-21)20(24)18-10-9-16-6-4-7-17(16)15-18/h9-10,15H,2-8,11-14H2,1H3. The van der Waals surface area contributed by atoms with Crippen molar-refractivity contribution in [2.45, 2.75) is 51.9 Å². The Bertz CT molecular complexity index is 612. The van der Waals surface area contributed by atoms with E-state index in [0.717, 1.165) is 50.8 Å². The lowest BCUT2D eigenvalue weighted by Crippen LogP contribution is -2.37. The summed E-state index contributed by atoms with van der Waals surface area (Å²) in [6, 6.07) is 6.18. The number of hydrogen-bond acceptors (Lipinski definition) is 2. The number of amides is 2. The summed E-state index contributed by atoms with van der Waals surface area (Å²) in [5.74, 6) is 0.358. The van der Waals surface area contributed by atoms with Gasteiger partial charge in [0, 0.05) is 38.2 Å². The largest absolute Gasteiger partial charge is 0.341 e. The molecule has 1 aromatic carbocycles. The number of unbranched alkanes of at least 4 members (excludes halogenated alkanes) is 1. The van der Waals surface area contributed by atoms with E-state index < -0.39 is 0 Å². The van der Waals surface area contributed by atoms with Crippen LogP contribution in [0.25, 0.3) is 0 Å².